The number of rotatable bonds is 4. The number of carbonyl (C=O) groups excluding carboxylic acids is 1. The Morgan fingerprint density at radius 1 is 1.11 bits per heavy atom. The maximum atomic E-state index is 13.3. The molecule has 0 atom stereocenters. The van der Waals surface area contributed by atoms with E-state index in [0.717, 1.165) is 5.69 Å². The molecule has 0 radical (unpaired) electrons. The molecular formula is C21H22FN3O2. The van der Waals surface area contributed by atoms with Gasteiger partial charge < -0.3 is 10.1 Å². The fourth-order valence-corrected chi connectivity index (χ4v) is 2.57. The number of methoxy groups -OCH3 is 1. The van der Waals surface area contributed by atoms with Gasteiger partial charge in [0.2, 0.25) is 0 Å². The van der Waals surface area contributed by atoms with E-state index in [1.54, 1.807) is 48.2 Å². The monoisotopic (exact) mass is 367 g/mol. The average molecular weight is 367 g/mol. The van der Waals surface area contributed by atoms with Crippen LogP contribution < -0.4 is 10.1 Å². The Morgan fingerprint density at radius 3 is 2.44 bits per heavy atom. The summed E-state index contributed by atoms with van der Waals surface area (Å²) < 4.78 is 20.1. The molecule has 2 aromatic carbocycles. The third-order valence-electron chi connectivity index (χ3n) is 4.12. The van der Waals surface area contributed by atoms with E-state index in [0.29, 0.717) is 22.8 Å². The molecule has 0 unspecified atom stereocenters. The van der Waals surface area contributed by atoms with Crippen molar-refractivity contribution in [2.45, 2.75) is 26.2 Å². The van der Waals surface area contributed by atoms with Crippen LogP contribution >= 0.6 is 0 Å². The lowest BCUT2D eigenvalue weighted by Crippen LogP contribution is -2.15. The molecule has 140 valence electrons. The predicted octanol–water partition coefficient (Wildman–Crippen LogP) is 4.57. The van der Waals surface area contributed by atoms with Gasteiger partial charge >= 0.3 is 0 Å². The summed E-state index contributed by atoms with van der Waals surface area (Å²) in [6.07, 6.45) is 0. The summed E-state index contributed by atoms with van der Waals surface area (Å²) in [6, 6.07) is 14.7. The number of carbonyl (C=O) groups is 1. The molecular weight excluding hydrogens is 345 g/mol. The Kier molecular flexibility index (Phi) is 4.99. The molecule has 0 aliphatic heterocycles. The van der Waals surface area contributed by atoms with Crippen LogP contribution in [0.5, 0.6) is 5.75 Å². The minimum absolute atomic E-state index is 0.208. The highest BCUT2D eigenvalue weighted by atomic mass is 19.1. The largest absolute Gasteiger partial charge is 0.497 e. The number of anilines is 1. The van der Waals surface area contributed by atoms with Crippen LogP contribution in [0.25, 0.3) is 5.69 Å². The molecule has 0 saturated heterocycles. The van der Waals surface area contributed by atoms with Crippen LogP contribution in [0, 0.1) is 5.82 Å². The van der Waals surface area contributed by atoms with Crippen molar-refractivity contribution >= 4 is 11.7 Å². The summed E-state index contributed by atoms with van der Waals surface area (Å²) in [5.74, 6) is 0.506. The molecule has 0 aliphatic carbocycles. The van der Waals surface area contributed by atoms with Gasteiger partial charge in [-0.05, 0) is 42.5 Å². The highest BCUT2D eigenvalue weighted by molar-refractivity contribution is 6.04. The van der Waals surface area contributed by atoms with E-state index >= 15 is 0 Å². The van der Waals surface area contributed by atoms with Crippen LogP contribution in [0.1, 0.15) is 36.8 Å². The molecule has 0 aliphatic rings. The van der Waals surface area contributed by atoms with Gasteiger partial charge in [-0.3, -0.25) is 4.79 Å². The quantitative estimate of drug-likeness (QED) is 0.735. The molecule has 0 spiro atoms. The maximum absolute atomic E-state index is 13.3. The standard InChI is InChI=1S/C21H22FN3O2/c1-21(2,3)18-13-19(25(24-18)16-10-8-15(22)9-11-16)23-20(26)14-6-5-7-17(12-14)27-4/h5-13H,1-4H3,(H,23,26). The molecule has 1 amide bonds. The van der Waals surface area contributed by atoms with E-state index < -0.39 is 0 Å². The van der Waals surface area contributed by atoms with Crippen LogP contribution in [0.2, 0.25) is 0 Å². The van der Waals surface area contributed by atoms with Crippen molar-refractivity contribution in [1.82, 2.24) is 9.78 Å². The number of benzene rings is 2. The molecule has 1 heterocycles. The summed E-state index contributed by atoms with van der Waals surface area (Å²) >= 11 is 0. The zero-order valence-electron chi connectivity index (χ0n) is 15.8. The van der Waals surface area contributed by atoms with Gasteiger partial charge in [-0.1, -0.05) is 26.8 Å². The van der Waals surface area contributed by atoms with E-state index in [1.165, 1.54) is 12.1 Å². The predicted molar refractivity (Wildman–Crippen MR) is 103 cm³/mol. The van der Waals surface area contributed by atoms with Crippen molar-refractivity contribution < 1.29 is 13.9 Å². The maximum Gasteiger partial charge on any atom is 0.256 e. The molecule has 3 rings (SSSR count). The van der Waals surface area contributed by atoms with Crippen molar-refractivity contribution in [3.8, 4) is 11.4 Å². The molecule has 0 bridgehead atoms. The lowest BCUT2D eigenvalue weighted by atomic mass is 9.92. The van der Waals surface area contributed by atoms with Gasteiger partial charge in [0.25, 0.3) is 5.91 Å². The van der Waals surface area contributed by atoms with Gasteiger partial charge in [0.05, 0.1) is 18.5 Å². The van der Waals surface area contributed by atoms with Gasteiger partial charge in [0.15, 0.2) is 0 Å². The van der Waals surface area contributed by atoms with Crippen LogP contribution in [-0.4, -0.2) is 22.8 Å². The second-order valence-electron chi connectivity index (χ2n) is 7.24. The number of nitrogens with one attached hydrogen (secondary N) is 1. The van der Waals surface area contributed by atoms with E-state index in [4.69, 9.17) is 4.74 Å². The normalized spacial score (nSPS) is 11.3. The third kappa shape index (κ3) is 4.16. The van der Waals surface area contributed by atoms with Crippen molar-refractivity contribution in [2.24, 2.45) is 0 Å². The molecule has 0 saturated carbocycles. The first-order valence-electron chi connectivity index (χ1n) is 8.60. The Bertz CT molecular complexity index is 956. The Morgan fingerprint density at radius 2 is 1.81 bits per heavy atom. The van der Waals surface area contributed by atoms with Gasteiger partial charge in [0.1, 0.15) is 17.4 Å². The fraction of sp³-hybridized carbons (Fsp3) is 0.238. The first kappa shape index (κ1) is 18.6. The number of aromatic nitrogens is 2. The van der Waals surface area contributed by atoms with Gasteiger partial charge in [-0.15, -0.1) is 0 Å². The van der Waals surface area contributed by atoms with Gasteiger partial charge in [-0.25, -0.2) is 9.07 Å². The minimum Gasteiger partial charge on any atom is -0.497 e. The summed E-state index contributed by atoms with van der Waals surface area (Å²) in [7, 11) is 1.55. The van der Waals surface area contributed by atoms with E-state index in [-0.39, 0.29) is 17.1 Å². The van der Waals surface area contributed by atoms with Gasteiger partial charge in [0, 0.05) is 17.0 Å². The SMILES string of the molecule is COc1cccc(C(=O)Nc2cc(C(C)(C)C)nn2-c2ccc(F)cc2)c1. The Balaban J connectivity index is 1.99. The van der Waals surface area contributed by atoms with Crippen molar-refractivity contribution in [3.05, 3.63) is 71.7 Å². The van der Waals surface area contributed by atoms with Crippen molar-refractivity contribution in [2.75, 3.05) is 12.4 Å². The number of ether oxygens (including phenoxy) is 1. The smallest absolute Gasteiger partial charge is 0.256 e. The summed E-state index contributed by atoms with van der Waals surface area (Å²) in [6.45, 7) is 6.12. The molecule has 27 heavy (non-hydrogen) atoms. The van der Waals surface area contributed by atoms with E-state index in [2.05, 4.69) is 10.4 Å². The van der Waals surface area contributed by atoms with Crippen molar-refractivity contribution in [1.29, 1.82) is 0 Å². The van der Waals surface area contributed by atoms with E-state index in [1.807, 2.05) is 26.8 Å². The van der Waals surface area contributed by atoms with Crippen LogP contribution in [0.3, 0.4) is 0 Å². The third-order valence-corrected chi connectivity index (χ3v) is 4.12. The lowest BCUT2D eigenvalue weighted by Gasteiger charge is -2.14. The average Bonchev–Trinajstić information content (AvgIpc) is 3.06. The molecule has 1 N–H and O–H groups in total. The van der Waals surface area contributed by atoms with Crippen LogP contribution in [0.15, 0.2) is 54.6 Å². The number of halogens is 1. The Labute approximate surface area is 157 Å². The summed E-state index contributed by atoms with van der Waals surface area (Å²) in [5, 5.41) is 7.51. The molecule has 0 fully saturated rings. The zero-order valence-corrected chi connectivity index (χ0v) is 15.8. The summed E-state index contributed by atoms with van der Waals surface area (Å²) in [5.41, 5.74) is 1.74. The topological polar surface area (TPSA) is 56.1 Å². The van der Waals surface area contributed by atoms with E-state index in [9.17, 15) is 9.18 Å². The lowest BCUT2D eigenvalue weighted by molar-refractivity contribution is 0.102. The number of nitrogens with zero attached hydrogens (tertiary/aromatic N) is 2. The zero-order chi connectivity index (χ0) is 19.6. The summed E-state index contributed by atoms with van der Waals surface area (Å²) in [4.78, 5) is 12.7. The second-order valence-corrected chi connectivity index (χ2v) is 7.24. The first-order valence-corrected chi connectivity index (χ1v) is 8.60. The number of hydrogen-bond acceptors (Lipinski definition) is 3. The van der Waals surface area contributed by atoms with Crippen molar-refractivity contribution in [3.63, 3.8) is 0 Å². The number of hydrogen-bond donors (Lipinski definition) is 1. The molecule has 1 aromatic heterocycles. The number of amides is 1. The Hall–Kier alpha value is -3.15. The fourth-order valence-electron chi connectivity index (χ4n) is 2.57. The van der Waals surface area contributed by atoms with Crippen LogP contribution in [-0.2, 0) is 5.41 Å². The second kappa shape index (κ2) is 7.23. The van der Waals surface area contributed by atoms with Gasteiger partial charge in [-0.2, -0.15) is 5.10 Å². The minimum atomic E-state index is -0.330. The molecule has 5 nitrogen and oxygen atoms in total. The molecule has 3 aromatic rings. The van der Waals surface area contributed by atoms with Crippen LogP contribution in [0.4, 0.5) is 10.2 Å². The first-order chi connectivity index (χ1) is 12.8. The molecule has 6 heteroatoms. The highest BCUT2D eigenvalue weighted by Gasteiger charge is 2.22. The highest BCUT2D eigenvalue weighted by Crippen LogP contribution is 2.27.